The van der Waals surface area contributed by atoms with Crippen LogP contribution in [0, 0.1) is 6.92 Å². The van der Waals surface area contributed by atoms with E-state index in [4.69, 9.17) is 0 Å². The third-order valence-electron chi connectivity index (χ3n) is 7.93. The van der Waals surface area contributed by atoms with Crippen LogP contribution < -0.4 is 0 Å². The van der Waals surface area contributed by atoms with Crippen molar-refractivity contribution in [1.29, 1.82) is 0 Å². The minimum Gasteiger partial charge on any atom is -0.390 e. The molecule has 4 aromatic rings. The van der Waals surface area contributed by atoms with E-state index in [1.165, 1.54) is 3.97 Å². The molecule has 0 spiro atoms. The SMILES string of the molecule is Cc1ccc(S(=O)(=O)n2c(C(=O)N3CCCc4cnccc4C3)cc3ccc(C4CC(C)(O)C4)cc32)cc1. The number of hydrogen-bond acceptors (Lipinski definition) is 5. The zero-order valence-electron chi connectivity index (χ0n) is 21.6. The van der Waals surface area contributed by atoms with E-state index < -0.39 is 15.6 Å². The summed E-state index contributed by atoms with van der Waals surface area (Å²) in [6, 6.07) is 16.1. The van der Waals surface area contributed by atoms with Crippen molar-refractivity contribution >= 4 is 26.8 Å². The summed E-state index contributed by atoms with van der Waals surface area (Å²) in [5.41, 5.74) is 4.00. The molecule has 1 amide bonds. The third kappa shape index (κ3) is 4.31. The van der Waals surface area contributed by atoms with Crippen LogP contribution in [0.4, 0.5) is 0 Å². The molecule has 0 bridgehead atoms. The molecule has 2 aromatic heterocycles. The monoisotopic (exact) mass is 529 g/mol. The number of aryl methyl sites for hydroxylation is 2. The maximum Gasteiger partial charge on any atom is 0.271 e. The fraction of sp³-hybridized carbons (Fsp3) is 0.333. The van der Waals surface area contributed by atoms with Crippen LogP contribution in [0.15, 0.2) is 71.9 Å². The number of amides is 1. The molecule has 3 heterocycles. The van der Waals surface area contributed by atoms with Crippen molar-refractivity contribution in [3.05, 3.63) is 94.9 Å². The van der Waals surface area contributed by atoms with Gasteiger partial charge in [0.1, 0.15) is 5.69 Å². The van der Waals surface area contributed by atoms with E-state index >= 15 is 0 Å². The molecular formula is C30H31N3O4S. The Balaban J connectivity index is 1.48. The van der Waals surface area contributed by atoms with Gasteiger partial charge in [0.15, 0.2) is 0 Å². The molecule has 196 valence electrons. The van der Waals surface area contributed by atoms with Gasteiger partial charge in [0.05, 0.1) is 16.0 Å². The minimum absolute atomic E-state index is 0.135. The van der Waals surface area contributed by atoms with E-state index in [2.05, 4.69) is 4.98 Å². The van der Waals surface area contributed by atoms with E-state index in [0.717, 1.165) is 35.1 Å². The van der Waals surface area contributed by atoms with Crippen LogP contribution in [-0.2, 0) is 23.0 Å². The van der Waals surface area contributed by atoms with Gasteiger partial charge in [-0.15, -0.1) is 0 Å². The number of aromatic nitrogens is 2. The van der Waals surface area contributed by atoms with Crippen molar-refractivity contribution in [1.82, 2.24) is 13.9 Å². The molecule has 0 radical (unpaired) electrons. The van der Waals surface area contributed by atoms with E-state index in [9.17, 15) is 18.3 Å². The first kappa shape index (κ1) is 24.8. The van der Waals surface area contributed by atoms with E-state index in [1.807, 2.05) is 44.3 Å². The maximum atomic E-state index is 14.1. The molecule has 1 aliphatic heterocycles. The first-order valence-corrected chi connectivity index (χ1v) is 14.5. The average Bonchev–Trinajstić information content (AvgIpc) is 3.13. The molecule has 0 saturated heterocycles. The topological polar surface area (TPSA) is 92.5 Å². The van der Waals surface area contributed by atoms with Crippen molar-refractivity contribution < 1.29 is 18.3 Å². The van der Waals surface area contributed by atoms with Crippen LogP contribution in [0.3, 0.4) is 0 Å². The normalized spacial score (nSPS) is 21.6. The number of carbonyl (C=O) groups is 1. The van der Waals surface area contributed by atoms with Gasteiger partial charge in [0, 0.05) is 30.9 Å². The van der Waals surface area contributed by atoms with Crippen molar-refractivity contribution in [3.8, 4) is 0 Å². The van der Waals surface area contributed by atoms with Crippen LogP contribution in [0.25, 0.3) is 10.9 Å². The Labute approximate surface area is 222 Å². The Bertz CT molecular complexity index is 1650. The summed E-state index contributed by atoms with van der Waals surface area (Å²) >= 11 is 0. The molecule has 2 aromatic carbocycles. The lowest BCUT2D eigenvalue weighted by Crippen LogP contribution is -2.39. The second-order valence-electron chi connectivity index (χ2n) is 11.0. The molecular weight excluding hydrogens is 498 g/mol. The predicted octanol–water partition coefficient (Wildman–Crippen LogP) is 4.80. The highest BCUT2D eigenvalue weighted by Crippen LogP contribution is 2.45. The first-order chi connectivity index (χ1) is 18.1. The standard InChI is InChI=1S/C30H31N3O4S/c1-20-5-9-26(10-6-20)38(36,37)33-27-14-21(25-16-30(2,35)17-25)7-8-22(27)15-28(33)29(34)32-13-3-4-23-18-31-12-11-24(23)19-32/h5-12,14-15,18,25,35H,3-4,13,16-17,19H2,1-2H3. The number of benzene rings is 2. The van der Waals surface area contributed by atoms with Gasteiger partial charge in [0.2, 0.25) is 0 Å². The lowest BCUT2D eigenvalue weighted by atomic mass is 9.69. The Morgan fingerprint density at radius 2 is 1.82 bits per heavy atom. The Morgan fingerprint density at radius 1 is 1.05 bits per heavy atom. The first-order valence-electron chi connectivity index (χ1n) is 13.0. The van der Waals surface area contributed by atoms with Gasteiger partial charge in [-0.1, -0.05) is 29.8 Å². The third-order valence-corrected chi connectivity index (χ3v) is 9.68. The fourth-order valence-electron chi connectivity index (χ4n) is 5.82. The van der Waals surface area contributed by atoms with Gasteiger partial charge in [-0.25, -0.2) is 12.4 Å². The van der Waals surface area contributed by atoms with Crippen LogP contribution in [0.2, 0.25) is 0 Å². The predicted molar refractivity (Wildman–Crippen MR) is 146 cm³/mol. The maximum absolute atomic E-state index is 14.1. The molecule has 0 atom stereocenters. The summed E-state index contributed by atoms with van der Waals surface area (Å²) in [7, 11) is -4.07. The largest absolute Gasteiger partial charge is 0.390 e. The fourth-order valence-corrected chi connectivity index (χ4v) is 7.32. The minimum atomic E-state index is -4.07. The van der Waals surface area contributed by atoms with Crippen molar-refractivity contribution in [2.75, 3.05) is 6.54 Å². The number of rotatable bonds is 4. The Morgan fingerprint density at radius 3 is 2.55 bits per heavy atom. The highest BCUT2D eigenvalue weighted by atomic mass is 32.2. The summed E-state index contributed by atoms with van der Waals surface area (Å²) < 4.78 is 29.4. The summed E-state index contributed by atoms with van der Waals surface area (Å²) in [4.78, 5) is 20.2. The van der Waals surface area contributed by atoms with Gasteiger partial charge in [-0.2, -0.15) is 0 Å². The quantitative estimate of drug-likeness (QED) is 0.410. The van der Waals surface area contributed by atoms with Crippen LogP contribution in [-0.4, -0.2) is 45.4 Å². The molecule has 1 aliphatic carbocycles. The number of fused-ring (bicyclic) bond motifs is 2. The lowest BCUT2D eigenvalue weighted by Gasteiger charge is -2.41. The van der Waals surface area contributed by atoms with Gasteiger partial charge in [0.25, 0.3) is 15.9 Å². The van der Waals surface area contributed by atoms with Crippen molar-refractivity contribution in [3.63, 3.8) is 0 Å². The Kier molecular flexibility index (Phi) is 5.92. The van der Waals surface area contributed by atoms with Crippen molar-refractivity contribution in [2.45, 2.75) is 62.5 Å². The Hall–Kier alpha value is -3.49. The molecule has 8 heteroatoms. The number of aliphatic hydroxyl groups is 1. The second-order valence-corrected chi connectivity index (χ2v) is 12.8. The van der Waals surface area contributed by atoms with Gasteiger partial charge in [-0.05, 0) is 92.5 Å². The molecule has 6 rings (SSSR count). The van der Waals surface area contributed by atoms with Crippen LogP contribution >= 0.6 is 0 Å². The molecule has 1 fully saturated rings. The summed E-state index contributed by atoms with van der Waals surface area (Å²) in [5.74, 6) is -0.163. The molecule has 2 aliphatic rings. The molecule has 0 unspecified atom stereocenters. The molecule has 38 heavy (non-hydrogen) atoms. The van der Waals surface area contributed by atoms with Crippen LogP contribution in [0.1, 0.15) is 64.8 Å². The highest BCUT2D eigenvalue weighted by Gasteiger charge is 2.39. The molecule has 7 nitrogen and oxygen atoms in total. The highest BCUT2D eigenvalue weighted by molar-refractivity contribution is 7.90. The number of hydrogen-bond donors (Lipinski definition) is 1. The summed E-state index contributed by atoms with van der Waals surface area (Å²) in [6.07, 6.45) is 6.43. The zero-order valence-corrected chi connectivity index (χ0v) is 22.4. The zero-order chi connectivity index (χ0) is 26.7. The smallest absolute Gasteiger partial charge is 0.271 e. The summed E-state index contributed by atoms with van der Waals surface area (Å²) in [6.45, 7) is 4.66. The van der Waals surface area contributed by atoms with E-state index in [1.54, 1.807) is 41.4 Å². The van der Waals surface area contributed by atoms with Crippen molar-refractivity contribution in [2.24, 2.45) is 0 Å². The van der Waals surface area contributed by atoms with E-state index in [0.29, 0.717) is 36.8 Å². The number of pyridine rings is 1. The van der Waals surface area contributed by atoms with E-state index in [-0.39, 0.29) is 22.4 Å². The number of nitrogens with zero attached hydrogens (tertiary/aromatic N) is 3. The van der Waals surface area contributed by atoms with Gasteiger partial charge >= 0.3 is 0 Å². The number of carbonyl (C=O) groups excluding carboxylic acids is 1. The summed E-state index contributed by atoms with van der Waals surface area (Å²) in [5, 5.41) is 11.0. The van der Waals surface area contributed by atoms with Crippen LogP contribution in [0.5, 0.6) is 0 Å². The van der Waals surface area contributed by atoms with Gasteiger partial charge < -0.3 is 10.0 Å². The molecule has 1 saturated carbocycles. The molecule has 1 N–H and O–H groups in total. The second kappa shape index (κ2) is 9.06. The van der Waals surface area contributed by atoms with Gasteiger partial charge in [-0.3, -0.25) is 9.78 Å². The average molecular weight is 530 g/mol. The lowest BCUT2D eigenvalue weighted by molar-refractivity contribution is -0.0313.